The van der Waals surface area contributed by atoms with Gasteiger partial charge in [0, 0.05) is 6.26 Å². The molecule has 0 aromatic heterocycles. The van der Waals surface area contributed by atoms with Crippen LogP contribution >= 0.6 is 0 Å². The summed E-state index contributed by atoms with van der Waals surface area (Å²) in [5.74, 6) is 0.337. The van der Waals surface area contributed by atoms with Crippen molar-refractivity contribution >= 4 is 9.84 Å². The standard InChI is InChI=1S/C14H18F3NO3S/c1-22(19,20)13-3-2-11(8-12(13)14(15,16)17)21-9-10-4-6-18-7-5-10/h2-3,8,10,18H,4-7,9H2,1H3. The lowest BCUT2D eigenvalue weighted by Gasteiger charge is -2.23. The van der Waals surface area contributed by atoms with Gasteiger partial charge in [0.1, 0.15) is 5.75 Å². The second kappa shape index (κ2) is 6.45. The Morgan fingerprint density at radius 3 is 2.45 bits per heavy atom. The van der Waals surface area contributed by atoms with Gasteiger partial charge in [0.25, 0.3) is 0 Å². The van der Waals surface area contributed by atoms with Gasteiger partial charge in [0.15, 0.2) is 9.84 Å². The van der Waals surface area contributed by atoms with Gasteiger partial charge in [-0.1, -0.05) is 0 Å². The highest BCUT2D eigenvalue weighted by molar-refractivity contribution is 7.90. The summed E-state index contributed by atoms with van der Waals surface area (Å²) in [6.07, 6.45) is -2.17. The zero-order valence-electron chi connectivity index (χ0n) is 12.1. The van der Waals surface area contributed by atoms with Gasteiger partial charge >= 0.3 is 6.18 Å². The third kappa shape index (κ3) is 4.36. The van der Waals surface area contributed by atoms with Gasteiger partial charge in [0.2, 0.25) is 0 Å². The van der Waals surface area contributed by atoms with Crippen LogP contribution in [0.2, 0.25) is 0 Å². The normalized spacial score (nSPS) is 17.5. The van der Waals surface area contributed by atoms with Gasteiger partial charge < -0.3 is 10.1 Å². The Bertz CT molecular complexity index is 623. The summed E-state index contributed by atoms with van der Waals surface area (Å²) in [4.78, 5) is -0.728. The fourth-order valence-electron chi connectivity index (χ4n) is 2.41. The average Bonchev–Trinajstić information content (AvgIpc) is 2.44. The molecular formula is C14H18F3NO3S. The number of benzene rings is 1. The maximum atomic E-state index is 13.0. The first-order valence-corrected chi connectivity index (χ1v) is 8.82. The van der Waals surface area contributed by atoms with E-state index in [4.69, 9.17) is 4.74 Å². The molecule has 1 N–H and O–H groups in total. The zero-order valence-corrected chi connectivity index (χ0v) is 12.9. The summed E-state index contributed by atoms with van der Waals surface area (Å²) in [6.45, 7) is 2.07. The molecule has 124 valence electrons. The third-order valence-corrected chi connectivity index (χ3v) is 4.76. The van der Waals surface area contributed by atoms with Gasteiger partial charge in [-0.3, -0.25) is 0 Å². The molecule has 2 rings (SSSR count). The van der Waals surface area contributed by atoms with Gasteiger partial charge in [-0.05, 0) is 50.0 Å². The van der Waals surface area contributed by atoms with E-state index in [2.05, 4.69) is 5.32 Å². The van der Waals surface area contributed by atoms with Crippen molar-refractivity contribution in [2.45, 2.75) is 23.9 Å². The molecule has 0 saturated carbocycles. The highest BCUT2D eigenvalue weighted by atomic mass is 32.2. The molecular weight excluding hydrogens is 319 g/mol. The number of piperidine rings is 1. The summed E-state index contributed by atoms with van der Waals surface area (Å²) in [7, 11) is -3.95. The van der Waals surface area contributed by atoms with E-state index in [0.717, 1.165) is 44.3 Å². The SMILES string of the molecule is CS(=O)(=O)c1ccc(OCC2CCNCC2)cc1C(F)(F)F. The Labute approximate surface area is 127 Å². The summed E-state index contributed by atoms with van der Waals surface area (Å²) in [5, 5.41) is 3.19. The number of sulfone groups is 1. The molecule has 0 amide bonds. The first-order valence-electron chi connectivity index (χ1n) is 6.93. The first kappa shape index (κ1) is 17.1. The number of rotatable bonds is 4. The van der Waals surface area contributed by atoms with Crippen molar-refractivity contribution in [1.29, 1.82) is 0 Å². The minimum Gasteiger partial charge on any atom is -0.493 e. The minimum absolute atomic E-state index is 0.0401. The number of ether oxygens (including phenoxy) is 1. The van der Waals surface area contributed by atoms with E-state index in [0.29, 0.717) is 12.5 Å². The second-order valence-corrected chi connectivity index (χ2v) is 7.42. The molecule has 0 unspecified atom stereocenters. The lowest BCUT2D eigenvalue weighted by molar-refractivity contribution is -0.140. The second-order valence-electron chi connectivity index (χ2n) is 5.43. The highest BCUT2D eigenvalue weighted by Crippen LogP contribution is 2.36. The van der Waals surface area contributed by atoms with Crippen molar-refractivity contribution in [3.63, 3.8) is 0 Å². The van der Waals surface area contributed by atoms with Crippen LogP contribution < -0.4 is 10.1 Å². The van der Waals surface area contributed by atoms with E-state index in [9.17, 15) is 21.6 Å². The van der Waals surface area contributed by atoms with Crippen LogP contribution in [-0.2, 0) is 16.0 Å². The van der Waals surface area contributed by atoms with Crippen LogP contribution in [0.5, 0.6) is 5.75 Å². The Hall–Kier alpha value is -1.28. The molecule has 0 radical (unpaired) electrons. The van der Waals surface area contributed by atoms with Crippen LogP contribution in [0.25, 0.3) is 0 Å². The maximum Gasteiger partial charge on any atom is 0.417 e. The topological polar surface area (TPSA) is 55.4 Å². The van der Waals surface area contributed by atoms with Crippen molar-refractivity contribution in [1.82, 2.24) is 5.32 Å². The Kier molecular flexibility index (Phi) is 5.01. The van der Waals surface area contributed by atoms with Crippen molar-refractivity contribution in [3.05, 3.63) is 23.8 Å². The van der Waals surface area contributed by atoms with Crippen LogP contribution in [0.1, 0.15) is 18.4 Å². The van der Waals surface area contributed by atoms with Crippen LogP contribution in [-0.4, -0.2) is 34.4 Å². The monoisotopic (exact) mass is 337 g/mol. The first-order chi connectivity index (χ1) is 10.2. The number of alkyl halides is 3. The van der Waals surface area contributed by atoms with E-state index >= 15 is 0 Å². The van der Waals surface area contributed by atoms with Crippen molar-refractivity contribution in [2.75, 3.05) is 26.0 Å². The van der Waals surface area contributed by atoms with E-state index in [1.807, 2.05) is 0 Å². The molecule has 1 aliphatic heterocycles. The smallest absolute Gasteiger partial charge is 0.417 e. The average molecular weight is 337 g/mol. The number of halogens is 3. The van der Waals surface area contributed by atoms with E-state index < -0.39 is 26.5 Å². The van der Waals surface area contributed by atoms with E-state index in [1.165, 1.54) is 6.07 Å². The summed E-state index contributed by atoms with van der Waals surface area (Å²) >= 11 is 0. The molecule has 1 saturated heterocycles. The number of hydrogen-bond donors (Lipinski definition) is 1. The Morgan fingerprint density at radius 2 is 1.91 bits per heavy atom. The summed E-state index contributed by atoms with van der Waals surface area (Å²) in [5.41, 5.74) is -1.18. The Balaban J connectivity index is 2.19. The molecule has 0 aliphatic carbocycles. The molecule has 1 aromatic carbocycles. The molecule has 0 spiro atoms. The van der Waals surface area contributed by atoms with E-state index in [-0.39, 0.29) is 5.75 Å². The molecule has 1 aliphatic rings. The zero-order chi connectivity index (χ0) is 16.4. The Morgan fingerprint density at radius 1 is 1.27 bits per heavy atom. The van der Waals surface area contributed by atoms with Gasteiger partial charge in [-0.15, -0.1) is 0 Å². The van der Waals surface area contributed by atoms with Crippen LogP contribution in [0.3, 0.4) is 0 Å². The number of nitrogens with one attached hydrogen (secondary N) is 1. The largest absolute Gasteiger partial charge is 0.493 e. The fraction of sp³-hybridized carbons (Fsp3) is 0.571. The minimum atomic E-state index is -4.74. The maximum absolute atomic E-state index is 13.0. The lowest BCUT2D eigenvalue weighted by Crippen LogP contribution is -2.30. The molecule has 1 fully saturated rings. The van der Waals surface area contributed by atoms with Gasteiger partial charge in [0.05, 0.1) is 17.1 Å². The third-order valence-electron chi connectivity index (χ3n) is 3.60. The predicted octanol–water partition coefficient (Wildman–Crippen LogP) is 2.49. The molecule has 8 heteroatoms. The molecule has 0 atom stereocenters. The fourth-order valence-corrected chi connectivity index (χ4v) is 3.30. The summed E-state index contributed by atoms with van der Waals surface area (Å²) in [6, 6.07) is 2.99. The summed E-state index contributed by atoms with van der Waals surface area (Å²) < 4.78 is 67.4. The molecule has 0 bridgehead atoms. The molecule has 1 aromatic rings. The molecule has 4 nitrogen and oxygen atoms in total. The van der Waals surface area contributed by atoms with E-state index in [1.54, 1.807) is 0 Å². The van der Waals surface area contributed by atoms with Crippen LogP contribution in [0, 0.1) is 5.92 Å². The van der Waals surface area contributed by atoms with Crippen molar-refractivity contribution in [2.24, 2.45) is 5.92 Å². The molecule has 22 heavy (non-hydrogen) atoms. The van der Waals surface area contributed by atoms with Gasteiger partial charge in [-0.25, -0.2) is 8.42 Å². The number of hydrogen-bond acceptors (Lipinski definition) is 4. The predicted molar refractivity (Wildman–Crippen MR) is 75.6 cm³/mol. The lowest BCUT2D eigenvalue weighted by atomic mass is 9.99. The van der Waals surface area contributed by atoms with Gasteiger partial charge in [-0.2, -0.15) is 13.2 Å². The van der Waals surface area contributed by atoms with Crippen LogP contribution in [0.4, 0.5) is 13.2 Å². The van der Waals surface area contributed by atoms with Crippen molar-refractivity contribution < 1.29 is 26.3 Å². The highest BCUT2D eigenvalue weighted by Gasteiger charge is 2.36. The van der Waals surface area contributed by atoms with Crippen molar-refractivity contribution in [3.8, 4) is 5.75 Å². The molecule has 1 heterocycles. The van der Waals surface area contributed by atoms with Crippen LogP contribution in [0.15, 0.2) is 23.1 Å². The quantitative estimate of drug-likeness (QED) is 0.917.